The highest BCUT2D eigenvalue weighted by Gasteiger charge is 2.36. The van der Waals surface area contributed by atoms with Gasteiger partial charge in [0.2, 0.25) is 5.54 Å². The van der Waals surface area contributed by atoms with Gasteiger partial charge in [-0.3, -0.25) is 9.79 Å². The summed E-state index contributed by atoms with van der Waals surface area (Å²) in [6.45, 7) is 0. The number of carboxylic acid groups (broad SMARTS) is 1. The molecule has 0 spiro atoms. The highest BCUT2D eigenvalue weighted by atomic mass is 16.4. The minimum Gasteiger partial charge on any atom is -0.479 e. The van der Waals surface area contributed by atoms with Crippen LogP contribution in [0.2, 0.25) is 0 Å². The quantitative estimate of drug-likeness (QED) is 0.420. The minimum atomic E-state index is -1.64. The maximum Gasteiger partial charge on any atom is 0.343 e. The van der Waals surface area contributed by atoms with Gasteiger partial charge in [0.25, 0.3) is 0 Å². The average molecular weight is 139 g/mol. The fraction of sp³-hybridized carbons (Fsp3) is 0.167. The smallest absolute Gasteiger partial charge is 0.343 e. The molecular formula is C6H5NO3. The number of rotatable bonds is 2. The summed E-state index contributed by atoms with van der Waals surface area (Å²) < 4.78 is 0. The molecule has 1 aliphatic heterocycles. The van der Waals surface area contributed by atoms with Gasteiger partial charge in [0.05, 0.1) is 0 Å². The highest BCUT2D eigenvalue weighted by molar-refractivity contribution is 6.04. The molecule has 0 bridgehead atoms. The Morgan fingerprint density at radius 1 is 1.70 bits per heavy atom. The second-order valence-corrected chi connectivity index (χ2v) is 1.89. The lowest BCUT2D eigenvalue weighted by molar-refractivity contribution is -0.142. The van der Waals surface area contributed by atoms with E-state index >= 15 is 0 Å². The topological polar surface area (TPSA) is 66.7 Å². The molecule has 0 fully saturated rings. The van der Waals surface area contributed by atoms with Crippen molar-refractivity contribution in [3.63, 3.8) is 0 Å². The number of allylic oxidation sites excluding steroid dienone is 1. The third-order valence-corrected chi connectivity index (χ3v) is 1.25. The Balaban J connectivity index is 3.01. The van der Waals surface area contributed by atoms with Gasteiger partial charge in [-0.25, -0.2) is 4.79 Å². The molecule has 4 nitrogen and oxygen atoms in total. The summed E-state index contributed by atoms with van der Waals surface area (Å²) in [6.07, 6.45) is 4.27. The lowest BCUT2D eigenvalue weighted by Crippen LogP contribution is -2.34. The number of aldehydes is 1. The lowest BCUT2D eigenvalue weighted by Gasteiger charge is -2.08. The maximum atomic E-state index is 10.4. The number of hydrogen-bond acceptors (Lipinski definition) is 3. The van der Waals surface area contributed by atoms with Crippen LogP contribution < -0.4 is 0 Å². The number of hydrogen-bond donors (Lipinski definition) is 1. The molecule has 1 N–H and O–H groups in total. The van der Waals surface area contributed by atoms with E-state index in [1.807, 2.05) is 0 Å². The van der Waals surface area contributed by atoms with Crippen molar-refractivity contribution in [2.24, 2.45) is 4.99 Å². The Morgan fingerprint density at radius 2 is 2.40 bits per heavy atom. The zero-order chi connectivity index (χ0) is 7.61. The molecule has 1 unspecified atom stereocenters. The van der Waals surface area contributed by atoms with E-state index in [-0.39, 0.29) is 0 Å². The van der Waals surface area contributed by atoms with Crippen LogP contribution in [0.5, 0.6) is 0 Å². The SMILES string of the molecule is O=CC1(C(=O)O)C=CC=N1. The number of carbonyl (C=O) groups excluding carboxylic acids is 1. The molecule has 1 atom stereocenters. The van der Waals surface area contributed by atoms with Crippen molar-refractivity contribution in [3.8, 4) is 0 Å². The summed E-state index contributed by atoms with van der Waals surface area (Å²) in [4.78, 5) is 24.1. The van der Waals surface area contributed by atoms with Gasteiger partial charge in [0.1, 0.15) is 0 Å². The summed E-state index contributed by atoms with van der Waals surface area (Å²) in [5, 5.41) is 8.47. The zero-order valence-electron chi connectivity index (χ0n) is 5.02. The third kappa shape index (κ3) is 0.737. The molecule has 0 aliphatic carbocycles. The van der Waals surface area contributed by atoms with E-state index in [1.54, 1.807) is 0 Å². The van der Waals surface area contributed by atoms with Gasteiger partial charge >= 0.3 is 5.97 Å². The summed E-state index contributed by atoms with van der Waals surface area (Å²) in [5.41, 5.74) is -1.64. The third-order valence-electron chi connectivity index (χ3n) is 1.25. The molecule has 1 heterocycles. The van der Waals surface area contributed by atoms with Crippen molar-refractivity contribution in [1.29, 1.82) is 0 Å². The van der Waals surface area contributed by atoms with Crippen molar-refractivity contribution < 1.29 is 14.7 Å². The van der Waals surface area contributed by atoms with Crippen LogP contribution in [0.1, 0.15) is 0 Å². The molecule has 0 aromatic heterocycles. The van der Waals surface area contributed by atoms with E-state index in [1.165, 1.54) is 18.4 Å². The first-order valence-electron chi connectivity index (χ1n) is 2.64. The van der Waals surface area contributed by atoms with Crippen LogP contribution in [0.4, 0.5) is 0 Å². The summed E-state index contributed by atoms with van der Waals surface area (Å²) >= 11 is 0. The summed E-state index contributed by atoms with van der Waals surface area (Å²) in [7, 11) is 0. The largest absolute Gasteiger partial charge is 0.479 e. The van der Waals surface area contributed by atoms with E-state index in [0.717, 1.165) is 0 Å². The van der Waals surface area contributed by atoms with Crippen LogP contribution in [0.3, 0.4) is 0 Å². The average Bonchev–Trinajstić information content (AvgIpc) is 2.35. The second-order valence-electron chi connectivity index (χ2n) is 1.89. The van der Waals surface area contributed by atoms with Crippen LogP contribution in [0.25, 0.3) is 0 Å². The maximum absolute atomic E-state index is 10.4. The molecule has 0 radical (unpaired) electrons. The number of aliphatic carboxylic acids is 1. The minimum absolute atomic E-state index is 0.301. The molecule has 0 saturated heterocycles. The molecule has 1 rings (SSSR count). The zero-order valence-corrected chi connectivity index (χ0v) is 5.02. The van der Waals surface area contributed by atoms with E-state index in [0.29, 0.717) is 6.29 Å². The van der Waals surface area contributed by atoms with Crippen molar-refractivity contribution in [2.75, 3.05) is 0 Å². The Kier molecular flexibility index (Phi) is 1.37. The van der Waals surface area contributed by atoms with Crippen molar-refractivity contribution in [1.82, 2.24) is 0 Å². The van der Waals surface area contributed by atoms with Gasteiger partial charge in [0, 0.05) is 6.21 Å². The van der Waals surface area contributed by atoms with Crippen LogP contribution in [0, 0.1) is 0 Å². The highest BCUT2D eigenvalue weighted by Crippen LogP contribution is 2.13. The van der Waals surface area contributed by atoms with Gasteiger partial charge in [-0.1, -0.05) is 0 Å². The molecule has 0 saturated carbocycles. The predicted molar refractivity (Wildman–Crippen MR) is 34.1 cm³/mol. The molecule has 10 heavy (non-hydrogen) atoms. The van der Waals surface area contributed by atoms with Crippen molar-refractivity contribution in [3.05, 3.63) is 12.2 Å². The second kappa shape index (κ2) is 2.06. The van der Waals surface area contributed by atoms with Gasteiger partial charge in [0.15, 0.2) is 6.29 Å². The number of nitrogens with zero attached hydrogens (tertiary/aromatic N) is 1. The van der Waals surface area contributed by atoms with Crippen LogP contribution in [-0.4, -0.2) is 29.1 Å². The van der Waals surface area contributed by atoms with Crippen LogP contribution >= 0.6 is 0 Å². The van der Waals surface area contributed by atoms with Gasteiger partial charge < -0.3 is 5.11 Å². The molecule has 4 heteroatoms. The molecule has 0 aromatic rings. The Hall–Kier alpha value is -1.45. The van der Waals surface area contributed by atoms with Gasteiger partial charge in [-0.15, -0.1) is 0 Å². The first-order valence-corrected chi connectivity index (χ1v) is 2.64. The Morgan fingerprint density at radius 3 is 2.60 bits per heavy atom. The van der Waals surface area contributed by atoms with Crippen LogP contribution in [0.15, 0.2) is 17.1 Å². The Labute approximate surface area is 56.9 Å². The molecule has 1 aliphatic rings. The summed E-state index contributed by atoms with van der Waals surface area (Å²) in [5.74, 6) is -1.24. The number of carboxylic acids is 1. The normalized spacial score (nSPS) is 28.8. The van der Waals surface area contributed by atoms with E-state index < -0.39 is 11.5 Å². The molecule has 0 amide bonds. The van der Waals surface area contributed by atoms with Crippen molar-refractivity contribution in [2.45, 2.75) is 5.54 Å². The monoisotopic (exact) mass is 139 g/mol. The lowest BCUT2D eigenvalue weighted by atomic mass is 10.1. The summed E-state index contributed by atoms with van der Waals surface area (Å²) in [6, 6.07) is 0. The Bertz CT molecular complexity index is 217. The van der Waals surface area contributed by atoms with Crippen LogP contribution in [-0.2, 0) is 9.59 Å². The fourth-order valence-corrected chi connectivity index (χ4v) is 0.646. The van der Waals surface area contributed by atoms with Crippen molar-refractivity contribution >= 4 is 18.5 Å². The van der Waals surface area contributed by atoms with E-state index in [2.05, 4.69) is 4.99 Å². The standard InChI is InChI=1S/C6H5NO3/c8-4-6(5(9)10)2-1-3-7-6/h1-4H,(H,9,10). The first-order chi connectivity index (χ1) is 4.71. The van der Waals surface area contributed by atoms with E-state index in [9.17, 15) is 9.59 Å². The molecular weight excluding hydrogens is 134 g/mol. The number of carbonyl (C=O) groups is 2. The predicted octanol–water partition coefficient (Wildman–Crippen LogP) is -0.351. The fourth-order valence-electron chi connectivity index (χ4n) is 0.646. The first kappa shape index (κ1) is 6.67. The van der Waals surface area contributed by atoms with Gasteiger partial charge in [-0.05, 0) is 12.2 Å². The van der Waals surface area contributed by atoms with E-state index in [4.69, 9.17) is 5.11 Å². The number of aliphatic imine (C=N–C) groups is 1. The van der Waals surface area contributed by atoms with Gasteiger partial charge in [-0.2, -0.15) is 0 Å². The molecule has 52 valence electrons. The molecule has 0 aromatic carbocycles.